The third kappa shape index (κ3) is 3.45. The molecule has 0 spiro atoms. The van der Waals surface area contributed by atoms with Gasteiger partial charge >= 0.3 is 6.18 Å². The summed E-state index contributed by atoms with van der Waals surface area (Å²) < 4.78 is 46.4. The van der Waals surface area contributed by atoms with E-state index in [-0.39, 0.29) is 17.6 Å². The minimum absolute atomic E-state index is 0.0930. The first-order valence-corrected chi connectivity index (χ1v) is 7.24. The Morgan fingerprint density at radius 3 is 2.54 bits per heavy atom. The van der Waals surface area contributed by atoms with Gasteiger partial charge in [-0.05, 0) is 32.9 Å². The molecule has 0 aliphatic heterocycles. The Balaban J connectivity index is 2.24. The van der Waals surface area contributed by atoms with Crippen molar-refractivity contribution in [2.45, 2.75) is 45.0 Å². The van der Waals surface area contributed by atoms with Gasteiger partial charge in [-0.2, -0.15) is 18.3 Å². The van der Waals surface area contributed by atoms with Crippen LogP contribution in [-0.2, 0) is 10.4 Å². The second kappa shape index (κ2) is 6.31. The van der Waals surface area contributed by atoms with Gasteiger partial charge in [0.2, 0.25) is 11.5 Å². The van der Waals surface area contributed by atoms with Crippen LogP contribution in [0.3, 0.4) is 0 Å². The number of rotatable bonds is 5. The first kappa shape index (κ1) is 18.1. The summed E-state index contributed by atoms with van der Waals surface area (Å²) in [6, 6.07) is 3.66. The largest absolute Gasteiger partial charge is 0.463 e. The third-order valence-corrected chi connectivity index (χ3v) is 3.46. The number of nitrogens with zero attached hydrogens (tertiary/aromatic N) is 2. The lowest BCUT2D eigenvalue weighted by molar-refractivity contribution is -0.272. The van der Waals surface area contributed by atoms with Crippen LogP contribution in [0.5, 0.6) is 0 Å². The van der Waals surface area contributed by atoms with E-state index in [0.29, 0.717) is 0 Å². The number of nitrogens with one attached hydrogen (secondary N) is 1. The predicted molar refractivity (Wildman–Crippen MR) is 79.3 cm³/mol. The molecule has 0 fully saturated rings. The summed E-state index contributed by atoms with van der Waals surface area (Å²) in [5, 5.41) is 16.4. The van der Waals surface area contributed by atoms with Gasteiger partial charge in [0.15, 0.2) is 0 Å². The lowest BCUT2D eigenvalue weighted by Gasteiger charge is -2.28. The quantitative estimate of drug-likeness (QED) is 0.872. The van der Waals surface area contributed by atoms with E-state index in [1.807, 2.05) is 0 Å². The lowest BCUT2D eigenvalue weighted by atomic mass is 9.95. The number of amides is 1. The maximum absolute atomic E-state index is 13.3. The summed E-state index contributed by atoms with van der Waals surface area (Å²) in [5.74, 6) is -1.28. The first-order valence-electron chi connectivity index (χ1n) is 7.24. The molecule has 6 nitrogen and oxygen atoms in total. The monoisotopic (exact) mass is 345 g/mol. The molecule has 2 heterocycles. The lowest BCUT2D eigenvalue weighted by Crippen LogP contribution is -2.45. The molecule has 132 valence electrons. The van der Waals surface area contributed by atoms with E-state index in [0.717, 1.165) is 6.07 Å². The number of carbonyl (C=O) groups is 1. The van der Waals surface area contributed by atoms with Gasteiger partial charge in [-0.25, -0.2) is 4.68 Å². The highest BCUT2D eigenvalue weighted by Crippen LogP contribution is 2.42. The zero-order chi connectivity index (χ0) is 18.1. The van der Waals surface area contributed by atoms with Gasteiger partial charge in [-0.1, -0.05) is 0 Å². The molecule has 0 aliphatic rings. The molecule has 2 N–H and O–H groups in total. The van der Waals surface area contributed by atoms with Crippen LogP contribution in [0.2, 0.25) is 0 Å². The number of aromatic nitrogens is 2. The molecule has 2 aromatic rings. The number of hydrogen-bond donors (Lipinski definition) is 2. The third-order valence-electron chi connectivity index (χ3n) is 3.46. The predicted octanol–water partition coefficient (Wildman–Crippen LogP) is 3.14. The molecule has 0 radical (unpaired) electrons. The van der Waals surface area contributed by atoms with Crippen LogP contribution in [0.4, 0.5) is 19.0 Å². The first-order chi connectivity index (χ1) is 11.0. The molecule has 0 aliphatic carbocycles. The molecule has 0 aromatic carbocycles. The Labute approximate surface area is 136 Å². The van der Waals surface area contributed by atoms with Crippen molar-refractivity contribution in [2.75, 3.05) is 5.32 Å². The summed E-state index contributed by atoms with van der Waals surface area (Å²) >= 11 is 0. The zero-order valence-electron chi connectivity index (χ0n) is 13.4. The van der Waals surface area contributed by atoms with Gasteiger partial charge in [0.25, 0.3) is 0 Å². The summed E-state index contributed by atoms with van der Waals surface area (Å²) in [6.07, 6.45) is -4.89. The highest BCUT2D eigenvalue weighted by molar-refractivity contribution is 5.90. The Hall–Kier alpha value is -2.29. The SMILES string of the molecule is Cc1ccc(C(O)(CC(=O)Nc2ccnn2C(C)C)C(F)(F)F)o1. The minimum Gasteiger partial charge on any atom is -0.463 e. The molecule has 2 rings (SSSR count). The molecular weight excluding hydrogens is 327 g/mol. The fourth-order valence-electron chi connectivity index (χ4n) is 2.23. The van der Waals surface area contributed by atoms with E-state index < -0.39 is 29.9 Å². The van der Waals surface area contributed by atoms with Crippen molar-refractivity contribution in [2.24, 2.45) is 0 Å². The van der Waals surface area contributed by atoms with Crippen LogP contribution in [0.15, 0.2) is 28.8 Å². The van der Waals surface area contributed by atoms with Gasteiger partial charge in [-0.3, -0.25) is 4.79 Å². The topological polar surface area (TPSA) is 80.3 Å². The van der Waals surface area contributed by atoms with Crippen LogP contribution in [-0.4, -0.2) is 27.0 Å². The molecule has 0 bridgehead atoms. The number of carbonyl (C=O) groups excluding carboxylic acids is 1. The minimum atomic E-state index is -5.08. The number of aryl methyl sites for hydroxylation is 1. The second-order valence-electron chi connectivity index (χ2n) is 5.75. The van der Waals surface area contributed by atoms with Gasteiger partial charge in [-0.15, -0.1) is 0 Å². The Morgan fingerprint density at radius 2 is 2.04 bits per heavy atom. The second-order valence-corrected chi connectivity index (χ2v) is 5.75. The van der Waals surface area contributed by atoms with Gasteiger partial charge < -0.3 is 14.8 Å². The average molecular weight is 345 g/mol. The van der Waals surface area contributed by atoms with Crippen LogP contribution < -0.4 is 5.32 Å². The average Bonchev–Trinajstić information content (AvgIpc) is 3.06. The van der Waals surface area contributed by atoms with E-state index in [2.05, 4.69) is 10.4 Å². The highest BCUT2D eigenvalue weighted by atomic mass is 19.4. The van der Waals surface area contributed by atoms with Gasteiger partial charge in [0.1, 0.15) is 17.3 Å². The van der Waals surface area contributed by atoms with Crippen molar-refractivity contribution in [3.8, 4) is 0 Å². The van der Waals surface area contributed by atoms with Crippen LogP contribution in [0.25, 0.3) is 0 Å². The standard InChI is InChI=1S/C15H18F3N3O3/c1-9(2)21-12(6-7-19-21)20-13(22)8-14(23,15(16,17)18)11-5-4-10(3)24-11/h4-7,9,23H,8H2,1-3H3,(H,20,22). The summed E-state index contributed by atoms with van der Waals surface area (Å²) in [4.78, 5) is 12.1. The van der Waals surface area contributed by atoms with E-state index in [9.17, 15) is 23.1 Å². The number of aliphatic hydroxyl groups is 1. The molecule has 1 unspecified atom stereocenters. The van der Waals surface area contributed by atoms with Crippen LogP contribution >= 0.6 is 0 Å². The molecular formula is C15H18F3N3O3. The highest BCUT2D eigenvalue weighted by Gasteiger charge is 2.58. The molecule has 0 saturated heterocycles. The van der Waals surface area contributed by atoms with Crippen molar-refractivity contribution in [1.29, 1.82) is 0 Å². The maximum atomic E-state index is 13.3. The number of anilines is 1. The number of furan rings is 1. The Kier molecular flexibility index (Phi) is 4.75. The number of alkyl halides is 3. The van der Waals surface area contributed by atoms with E-state index in [1.54, 1.807) is 13.8 Å². The molecule has 9 heteroatoms. The van der Waals surface area contributed by atoms with E-state index >= 15 is 0 Å². The fraction of sp³-hybridized carbons (Fsp3) is 0.467. The smallest absolute Gasteiger partial charge is 0.425 e. The zero-order valence-corrected chi connectivity index (χ0v) is 13.4. The number of hydrogen-bond acceptors (Lipinski definition) is 4. The molecule has 1 amide bonds. The van der Waals surface area contributed by atoms with Gasteiger partial charge in [0, 0.05) is 12.1 Å². The van der Waals surface area contributed by atoms with Crippen molar-refractivity contribution in [3.63, 3.8) is 0 Å². The Bertz CT molecular complexity index is 721. The van der Waals surface area contributed by atoms with E-state index in [1.165, 1.54) is 29.9 Å². The van der Waals surface area contributed by atoms with Gasteiger partial charge in [0.05, 0.1) is 12.6 Å². The van der Waals surface area contributed by atoms with Crippen LogP contribution in [0, 0.1) is 6.92 Å². The summed E-state index contributed by atoms with van der Waals surface area (Å²) in [7, 11) is 0. The molecule has 0 saturated carbocycles. The molecule has 1 atom stereocenters. The van der Waals surface area contributed by atoms with Crippen molar-refractivity contribution in [1.82, 2.24) is 9.78 Å². The van der Waals surface area contributed by atoms with Crippen molar-refractivity contribution in [3.05, 3.63) is 35.9 Å². The summed E-state index contributed by atoms with van der Waals surface area (Å²) in [6.45, 7) is 5.06. The van der Waals surface area contributed by atoms with E-state index in [4.69, 9.17) is 4.42 Å². The van der Waals surface area contributed by atoms with Crippen LogP contribution in [0.1, 0.15) is 37.8 Å². The Morgan fingerprint density at radius 1 is 1.38 bits per heavy atom. The molecule has 24 heavy (non-hydrogen) atoms. The fourth-order valence-corrected chi connectivity index (χ4v) is 2.23. The normalized spacial score (nSPS) is 14.7. The maximum Gasteiger partial charge on any atom is 0.425 e. The van der Waals surface area contributed by atoms with Crippen molar-refractivity contribution < 1.29 is 27.5 Å². The number of halogens is 3. The molecule has 2 aromatic heterocycles. The summed E-state index contributed by atoms with van der Waals surface area (Å²) in [5.41, 5.74) is -3.41. The van der Waals surface area contributed by atoms with Crippen molar-refractivity contribution >= 4 is 11.7 Å².